The molecule has 0 unspecified atom stereocenters. The summed E-state index contributed by atoms with van der Waals surface area (Å²) >= 11 is 0. The van der Waals surface area contributed by atoms with Gasteiger partial charge in [-0.3, -0.25) is 14.9 Å². The lowest BCUT2D eigenvalue weighted by atomic mass is 10.1. The molecule has 0 atom stereocenters. The van der Waals surface area contributed by atoms with E-state index in [1.54, 1.807) is 14.0 Å². The highest BCUT2D eigenvalue weighted by Gasteiger charge is 2.21. The second kappa shape index (κ2) is 6.69. The first kappa shape index (κ1) is 16.4. The smallest absolute Gasteiger partial charge is 0.336 e. The highest BCUT2D eigenvalue weighted by atomic mass is 16.6. The fourth-order valence-electron chi connectivity index (χ4n) is 1.95. The van der Waals surface area contributed by atoms with Crippen LogP contribution in [0.15, 0.2) is 12.1 Å². The molecular formula is C13H17N3O5. The Hall–Kier alpha value is -2.64. The Balaban J connectivity index is 3.24. The Morgan fingerprint density at radius 3 is 2.52 bits per heavy atom. The molecule has 1 aromatic carbocycles. The summed E-state index contributed by atoms with van der Waals surface area (Å²) in [6.07, 6.45) is 0. The van der Waals surface area contributed by atoms with Crippen molar-refractivity contribution in [2.75, 3.05) is 25.0 Å². The van der Waals surface area contributed by atoms with Crippen LogP contribution < -0.4 is 10.2 Å². The van der Waals surface area contributed by atoms with E-state index in [9.17, 15) is 19.7 Å². The number of carboxylic acids is 1. The number of amides is 1. The molecule has 0 fully saturated rings. The summed E-state index contributed by atoms with van der Waals surface area (Å²) in [5.74, 6) is -1.51. The lowest BCUT2D eigenvalue weighted by molar-refractivity contribution is -0.385. The molecule has 0 aliphatic carbocycles. The Morgan fingerprint density at radius 2 is 2.05 bits per heavy atom. The number of benzene rings is 1. The molecule has 21 heavy (non-hydrogen) atoms. The number of nitro benzene ring substituents is 1. The van der Waals surface area contributed by atoms with Gasteiger partial charge in [0.1, 0.15) is 0 Å². The number of hydrogen-bond donors (Lipinski definition) is 2. The van der Waals surface area contributed by atoms with E-state index in [2.05, 4.69) is 5.32 Å². The van der Waals surface area contributed by atoms with Gasteiger partial charge in [-0.2, -0.15) is 0 Å². The molecule has 2 N–H and O–H groups in total. The predicted octanol–water partition coefficient (Wildman–Crippen LogP) is 1.17. The van der Waals surface area contributed by atoms with Gasteiger partial charge >= 0.3 is 5.97 Å². The van der Waals surface area contributed by atoms with Crippen LogP contribution in [0, 0.1) is 17.0 Å². The van der Waals surface area contributed by atoms with Crippen molar-refractivity contribution in [1.29, 1.82) is 0 Å². The standard InChI is InChI=1S/C13H17N3O5/c1-4-14-12(17)7-15(3)10-5-9(13(18)19)6-11(8(10)2)16(20)21/h5-6H,4,7H2,1-3H3,(H,14,17)(H,18,19). The summed E-state index contributed by atoms with van der Waals surface area (Å²) < 4.78 is 0. The predicted molar refractivity (Wildman–Crippen MR) is 76.7 cm³/mol. The third kappa shape index (κ3) is 3.91. The van der Waals surface area contributed by atoms with Crippen LogP contribution in [-0.4, -0.2) is 42.0 Å². The lowest BCUT2D eigenvalue weighted by Crippen LogP contribution is -2.35. The average molecular weight is 295 g/mol. The van der Waals surface area contributed by atoms with Gasteiger partial charge in [0.05, 0.1) is 22.6 Å². The fraction of sp³-hybridized carbons (Fsp3) is 0.385. The van der Waals surface area contributed by atoms with Gasteiger partial charge in [-0.1, -0.05) is 0 Å². The molecule has 0 aromatic heterocycles. The van der Waals surface area contributed by atoms with Crippen LogP contribution in [0.1, 0.15) is 22.8 Å². The van der Waals surface area contributed by atoms with Crippen LogP contribution in [0.2, 0.25) is 0 Å². The van der Waals surface area contributed by atoms with Crippen LogP contribution >= 0.6 is 0 Å². The molecule has 0 radical (unpaired) electrons. The van der Waals surface area contributed by atoms with E-state index >= 15 is 0 Å². The second-order valence-corrected chi connectivity index (χ2v) is 4.51. The number of anilines is 1. The molecule has 114 valence electrons. The van der Waals surface area contributed by atoms with Crippen molar-refractivity contribution in [3.63, 3.8) is 0 Å². The van der Waals surface area contributed by atoms with Crippen molar-refractivity contribution >= 4 is 23.3 Å². The molecule has 1 rings (SSSR count). The van der Waals surface area contributed by atoms with Crippen molar-refractivity contribution in [3.8, 4) is 0 Å². The second-order valence-electron chi connectivity index (χ2n) is 4.51. The third-order valence-electron chi connectivity index (χ3n) is 2.96. The third-order valence-corrected chi connectivity index (χ3v) is 2.96. The SMILES string of the molecule is CCNC(=O)CN(C)c1cc(C(=O)O)cc([N+](=O)[O-])c1C. The fourth-order valence-corrected chi connectivity index (χ4v) is 1.95. The molecule has 0 aliphatic heterocycles. The molecule has 0 heterocycles. The first-order chi connectivity index (χ1) is 9.77. The normalized spacial score (nSPS) is 10.0. The maximum Gasteiger partial charge on any atom is 0.336 e. The van der Waals surface area contributed by atoms with E-state index in [0.717, 1.165) is 6.07 Å². The van der Waals surface area contributed by atoms with E-state index in [1.807, 2.05) is 0 Å². The maximum absolute atomic E-state index is 11.6. The number of carbonyl (C=O) groups is 2. The van der Waals surface area contributed by atoms with Gasteiger partial charge in [0.15, 0.2) is 0 Å². The van der Waals surface area contributed by atoms with E-state index in [-0.39, 0.29) is 23.7 Å². The van der Waals surface area contributed by atoms with Gasteiger partial charge in [0.2, 0.25) is 5.91 Å². The summed E-state index contributed by atoms with van der Waals surface area (Å²) in [7, 11) is 1.58. The molecule has 1 amide bonds. The minimum Gasteiger partial charge on any atom is -0.478 e. The number of nitrogens with zero attached hydrogens (tertiary/aromatic N) is 2. The number of nitro groups is 1. The number of carboxylic acid groups (broad SMARTS) is 1. The number of nitrogens with one attached hydrogen (secondary N) is 1. The largest absolute Gasteiger partial charge is 0.478 e. The summed E-state index contributed by atoms with van der Waals surface area (Å²) in [6, 6.07) is 2.34. The average Bonchev–Trinajstić information content (AvgIpc) is 2.38. The minimum absolute atomic E-state index is 0.0189. The maximum atomic E-state index is 11.6. The Morgan fingerprint density at radius 1 is 1.43 bits per heavy atom. The van der Waals surface area contributed by atoms with Crippen LogP contribution in [0.5, 0.6) is 0 Å². The summed E-state index contributed by atoms with van der Waals surface area (Å²) in [6.45, 7) is 3.75. The molecule has 0 aliphatic rings. The first-order valence-corrected chi connectivity index (χ1v) is 6.28. The van der Waals surface area contributed by atoms with Crippen LogP contribution in [-0.2, 0) is 4.79 Å². The van der Waals surface area contributed by atoms with Crippen LogP contribution in [0.3, 0.4) is 0 Å². The Labute approximate surface area is 121 Å². The number of aromatic carboxylic acids is 1. The molecule has 8 heteroatoms. The molecule has 0 saturated carbocycles. The van der Waals surface area contributed by atoms with Gasteiger partial charge in [-0.05, 0) is 19.9 Å². The number of hydrogen-bond acceptors (Lipinski definition) is 5. The monoisotopic (exact) mass is 295 g/mol. The highest BCUT2D eigenvalue weighted by Crippen LogP contribution is 2.29. The van der Waals surface area contributed by atoms with Crippen molar-refractivity contribution in [1.82, 2.24) is 5.32 Å². The molecule has 1 aromatic rings. The molecule has 0 spiro atoms. The van der Waals surface area contributed by atoms with Crippen LogP contribution in [0.4, 0.5) is 11.4 Å². The first-order valence-electron chi connectivity index (χ1n) is 6.28. The highest BCUT2D eigenvalue weighted by molar-refractivity contribution is 5.91. The summed E-state index contributed by atoms with van der Waals surface area (Å²) in [5.41, 5.74) is 0.183. The van der Waals surface area contributed by atoms with E-state index in [0.29, 0.717) is 17.8 Å². The molecule has 8 nitrogen and oxygen atoms in total. The zero-order valence-corrected chi connectivity index (χ0v) is 12.0. The Bertz CT molecular complexity index is 585. The zero-order valence-electron chi connectivity index (χ0n) is 12.0. The Kier molecular flexibility index (Phi) is 5.23. The van der Waals surface area contributed by atoms with E-state index < -0.39 is 10.9 Å². The lowest BCUT2D eigenvalue weighted by Gasteiger charge is -2.21. The zero-order chi connectivity index (χ0) is 16.2. The van der Waals surface area contributed by atoms with Gasteiger partial charge in [0.25, 0.3) is 5.69 Å². The van der Waals surface area contributed by atoms with Crippen molar-refractivity contribution in [3.05, 3.63) is 33.4 Å². The van der Waals surface area contributed by atoms with Gasteiger partial charge in [-0.25, -0.2) is 4.79 Å². The molecular weight excluding hydrogens is 278 g/mol. The van der Waals surface area contributed by atoms with Crippen molar-refractivity contribution < 1.29 is 19.6 Å². The number of carbonyl (C=O) groups excluding carboxylic acids is 1. The quantitative estimate of drug-likeness (QED) is 0.601. The summed E-state index contributed by atoms with van der Waals surface area (Å²) in [4.78, 5) is 34.5. The molecule has 0 bridgehead atoms. The van der Waals surface area contributed by atoms with E-state index in [1.165, 1.54) is 17.9 Å². The van der Waals surface area contributed by atoms with Gasteiger partial charge in [0, 0.05) is 25.3 Å². The van der Waals surface area contributed by atoms with Crippen molar-refractivity contribution in [2.45, 2.75) is 13.8 Å². The van der Waals surface area contributed by atoms with Gasteiger partial charge < -0.3 is 15.3 Å². The van der Waals surface area contributed by atoms with Crippen LogP contribution in [0.25, 0.3) is 0 Å². The number of rotatable bonds is 6. The van der Waals surface area contributed by atoms with Crippen molar-refractivity contribution in [2.24, 2.45) is 0 Å². The summed E-state index contributed by atoms with van der Waals surface area (Å²) in [5, 5.41) is 22.7. The number of likely N-dealkylation sites (N-methyl/N-ethyl adjacent to an activating group) is 2. The topological polar surface area (TPSA) is 113 Å². The molecule has 0 saturated heterocycles. The van der Waals surface area contributed by atoms with E-state index in [4.69, 9.17) is 5.11 Å². The minimum atomic E-state index is -1.26. The van der Waals surface area contributed by atoms with Gasteiger partial charge in [-0.15, -0.1) is 0 Å².